The van der Waals surface area contributed by atoms with Crippen molar-refractivity contribution in [1.29, 1.82) is 0 Å². The fourth-order valence-corrected chi connectivity index (χ4v) is 6.97. The molecule has 4 aliphatic rings. The lowest BCUT2D eigenvalue weighted by atomic mass is 9.80. The molecule has 0 atom stereocenters. The van der Waals surface area contributed by atoms with Crippen LogP contribution in [-0.2, 0) is 67.3 Å². The largest absolute Gasteiger partial charge is 0.384 e. The molecule has 0 amide bonds. The predicted octanol–water partition coefficient (Wildman–Crippen LogP) is 6.60. The summed E-state index contributed by atoms with van der Waals surface area (Å²) in [6.07, 6.45) is 3.88. The number of ether oxygens (including phenoxy) is 6. The van der Waals surface area contributed by atoms with E-state index in [2.05, 4.69) is 62.4 Å². The normalized spacial score (nSPS) is 17.7. The fraction of sp³-hybridized carbons (Fsp3) is 0.514. The van der Waals surface area contributed by atoms with E-state index in [1.165, 1.54) is 44.5 Å². The number of rotatable bonds is 6. The second-order valence-electron chi connectivity index (χ2n) is 11.8. The zero-order valence-corrected chi connectivity index (χ0v) is 26.5. The van der Waals surface area contributed by atoms with Crippen molar-refractivity contribution in [2.24, 2.45) is 5.41 Å². The molecule has 43 heavy (non-hydrogen) atoms. The van der Waals surface area contributed by atoms with Gasteiger partial charge in [0.05, 0.1) is 66.1 Å². The highest BCUT2D eigenvalue weighted by Crippen LogP contribution is 2.50. The molecule has 4 bridgehead atoms. The van der Waals surface area contributed by atoms with Crippen molar-refractivity contribution in [3.05, 3.63) is 81.9 Å². The highest BCUT2D eigenvalue weighted by atomic mass is 16.6. The lowest BCUT2D eigenvalue weighted by Crippen LogP contribution is -2.32. The van der Waals surface area contributed by atoms with E-state index in [0.29, 0.717) is 66.1 Å². The van der Waals surface area contributed by atoms with Gasteiger partial charge in [0, 0.05) is 19.6 Å². The first-order chi connectivity index (χ1) is 21.1. The van der Waals surface area contributed by atoms with Gasteiger partial charge in [-0.2, -0.15) is 0 Å². The maximum atomic E-state index is 5.92. The van der Waals surface area contributed by atoms with Gasteiger partial charge in [-0.3, -0.25) is 0 Å². The summed E-state index contributed by atoms with van der Waals surface area (Å²) >= 11 is 0. The smallest absolute Gasteiger partial charge is 0.0718 e. The second kappa shape index (κ2) is 15.4. The van der Waals surface area contributed by atoms with Crippen LogP contribution in [0, 0.1) is 5.41 Å². The van der Waals surface area contributed by atoms with Crippen molar-refractivity contribution in [2.45, 2.75) is 52.7 Å². The van der Waals surface area contributed by atoms with Crippen LogP contribution in [0.2, 0.25) is 0 Å². The topological polar surface area (TPSA) is 55.4 Å². The monoisotopic (exact) mass is 588 g/mol. The minimum atomic E-state index is -0.0719. The van der Waals surface area contributed by atoms with Crippen LogP contribution >= 0.6 is 0 Å². The van der Waals surface area contributed by atoms with E-state index in [1.807, 2.05) is 14.2 Å². The van der Waals surface area contributed by atoms with Gasteiger partial charge >= 0.3 is 0 Å². The molecular formula is C37H48O6. The standard InChI is InChI=1S/C37H48O6/c1-5-31-32(6-2)35-29-11-7-27(8-12-29)23-42-19-17-40-15-16-41-18-20-43-24-28-9-13-30(14-10-28)36(35)34-22-37(25-38-3,26-39-4)21-33(31)34/h7-14H,5-6,15-26H2,1-4H3. The van der Waals surface area contributed by atoms with Crippen LogP contribution in [0.25, 0.3) is 22.3 Å². The summed E-state index contributed by atoms with van der Waals surface area (Å²) < 4.78 is 34.8. The fourth-order valence-electron chi connectivity index (χ4n) is 6.97. The molecule has 0 spiro atoms. The molecule has 3 aromatic rings. The van der Waals surface area contributed by atoms with Gasteiger partial charge in [-0.15, -0.1) is 0 Å². The molecule has 3 heterocycles. The van der Waals surface area contributed by atoms with Crippen molar-refractivity contribution >= 4 is 0 Å². The van der Waals surface area contributed by atoms with Crippen molar-refractivity contribution in [1.82, 2.24) is 0 Å². The quantitative estimate of drug-likeness (QED) is 0.323. The van der Waals surface area contributed by atoms with Crippen LogP contribution in [0.5, 0.6) is 0 Å². The molecule has 0 aromatic heterocycles. The van der Waals surface area contributed by atoms with Crippen molar-refractivity contribution in [2.75, 3.05) is 67.1 Å². The van der Waals surface area contributed by atoms with E-state index in [0.717, 1.165) is 36.8 Å². The zero-order valence-electron chi connectivity index (χ0n) is 26.5. The maximum Gasteiger partial charge on any atom is 0.0718 e. The van der Waals surface area contributed by atoms with Crippen LogP contribution in [0.15, 0.2) is 48.5 Å². The molecule has 0 saturated heterocycles. The van der Waals surface area contributed by atoms with Crippen LogP contribution < -0.4 is 0 Å². The number of hydrogen-bond donors (Lipinski definition) is 0. The molecule has 3 aromatic carbocycles. The van der Waals surface area contributed by atoms with Gasteiger partial charge in [0.15, 0.2) is 0 Å². The van der Waals surface area contributed by atoms with E-state index in [9.17, 15) is 0 Å². The molecule has 0 radical (unpaired) electrons. The Balaban J connectivity index is 1.64. The van der Waals surface area contributed by atoms with E-state index >= 15 is 0 Å². The van der Waals surface area contributed by atoms with E-state index in [-0.39, 0.29) is 5.41 Å². The summed E-state index contributed by atoms with van der Waals surface area (Å²) in [5.74, 6) is 0. The van der Waals surface area contributed by atoms with Crippen LogP contribution in [0.4, 0.5) is 0 Å². The Bertz CT molecular complexity index is 1310. The zero-order chi connectivity index (χ0) is 30.1. The molecule has 1 aliphatic carbocycles. The third-order valence-corrected chi connectivity index (χ3v) is 8.80. The van der Waals surface area contributed by atoms with Crippen LogP contribution in [-0.4, -0.2) is 67.1 Å². The summed E-state index contributed by atoms with van der Waals surface area (Å²) in [7, 11) is 3.62. The van der Waals surface area contributed by atoms with Crippen molar-refractivity contribution in [3.63, 3.8) is 0 Å². The Morgan fingerprint density at radius 3 is 1.47 bits per heavy atom. The Hall–Kier alpha value is -2.58. The Labute approximate surface area is 257 Å². The minimum absolute atomic E-state index is 0.0719. The molecule has 0 fully saturated rings. The summed E-state index contributed by atoms with van der Waals surface area (Å²) in [4.78, 5) is 0. The molecule has 7 rings (SSSR count). The molecular weight excluding hydrogens is 540 g/mol. The van der Waals surface area contributed by atoms with E-state index in [1.54, 1.807) is 0 Å². The number of benzene rings is 3. The average molecular weight is 589 g/mol. The summed E-state index contributed by atoms with van der Waals surface area (Å²) in [6, 6.07) is 17.9. The third-order valence-electron chi connectivity index (χ3n) is 8.80. The molecule has 0 saturated carbocycles. The summed E-state index contributed by atoms with van der Waals surface area (Å²) in [5.41, 5.74) is 13.3. The summed E-state index contributed by atoms with van der Waals surface area (Å²) in [5, 5.41) is 0. The molecule has 3 aliphatic heterocycles. The van der Waals surface area contributed by atoms with Gasteiger partial charge in [-0.05, 0) is 81.3 Å². The minimum Gasteiger partial charge on any atom is -0.384 e. The maximum absolute atomic E-state index is 5.92. The molecule has 0 unspecified atom stereocenters. The lowest BCUT2D eigenvalue weighted by molar-refractivity contribution is -0.00618. The first-order valence-electron chi connectivity index (χ1n) is 15.8. The Morgan fingerprint density at radius 1 is 0.558 bits per heavy atom. The highest BCUT2D eigenvalue weighted by molar-refractivity contribution is 5.90. The van der Waals surface area contributed by atoms with Gasteiger partial charge in [-0.1, -0.05) is 62.4 Å². The average Bonchev–Trinajstić information content (AvgIpc) is 3.39. The predicted molar refractivity (Wildman–Crippen MR) is 171 cm³/mol. The SMILES string of the molecule is CCc1c2c(c3c(c1CC)-c1ccc(cc1)COCCOCCOCCOCc1ccc-3cc1)CC(COC)(COC)C2. The van der Waals surface area contributed by atoms with Crippen LogP contribution in [0.1, 0.15) is 47.2 Å². The van der Waals surface area contributed by atoms with E-state index in [4.69, 9.17) is 28.4 Å². The van der Waals surface area contributed by atoms with Gasteiger partial charge in [0.1, 0.15) is 0 Å². The Kier molecular flexibility index (Phi) is 11.4. The molecule has 6 heteroatoms. The van der Waals surface area contributed by atoms with Gasteiger partial charge in [0.2, 0.25) is 0 Å². The number of hydrogen-bond acceptors (Lipinski definition) is 6. The number of fused-ring (bicyclic) bond motifs is 3. The van der Waals surface area contributed by atoms with Gasteiger partial charge in [-0.25, -0.2) is 0 Å². The first-order valence-corrected chi connectivity index (χ1v) is 15.8. The molecule has 0 N–H and O–H groups in total. The van der Waals surface area contributed by atoms with Crippen molar-refractivity contribution < 1.29 is 28.4 Å². The second-order valence-corrected chi connectivity index (χ2v) is 11.8. The van der Waals surface area contributed by atoms with Crippen molar-refractivity contribution in [3.8, 4) is 22.3 Å². The highest BCUT2D eigenvalue weighted by Gasteiger charge is 2.41. The third kappa shape index (κ3) is 7.39. The van der Waals surface area contributed by atoms with Gasteiger partial charge in [0.25, 0.3) is 0 Å². The van der Waals surface area contributed by atoms with Gasteiger partial charge < -0.3 is 28.4 Å². The van der Waals surface area contributed by atoms with E-state index < -0.39 is 0 Å². The lowest BCUT2D eigenvalue weighted by Gasteiger charge is -2.27. The Morgan fingerprint density at radius 2 is 1.00 bits per heavy atom. The molecule has 232 valence electrons. The first kappa shape index (κ1) is 31.8. The van der Waals surface area contributed by atoms with Crippen LogP contribution in [0.3, 0.4) is 0 Å². The molecule has 6 nitrogen and oxygen atoms in total. The number of methoxy groups -OCH3 is 2. The summed E-state index contributed by atoms with van der Waals surface area (Å²) in [6.45, 7) is 10.4.